The minimum Gasteiger partial charge on any atom is -0.376 e. The van der Waals surface area contributed by atoms with Crippen LogP contribution < -0.4 is 0 Å². The zero-order chi connectivity index (χ0) is 28.0. The molecule has 0 bridgehead atoms. The highest BCUT2D eigenvalue weighted by molar-refractivity contribution is 8.00. The number of hydrogen-bond donors (Lipinski definition) is 0. The summed E-state index contributed by atoms with van der Waals surface area (Å²) in [6, 6.07) is 30.4. The molecule has 1 aliphatic rings. The molecule has 1 fully saturated rings. The normalized spacial score (nSPS) is 20.5. The van der Waals surface area contributed by atoms with Crippen molar-refractivity contribution in [3.8, 4) is 0 Å². The Bertz CT molecular complexity index is 1560. The fraction of sp³-hybridized carbons (Fsp3) is 0.258. The third kappa shape index (κ3) is 6.75. The quantitative estimate of drug-likeness (QED) is 0.117. The van der Waals surface area contributed by atoms with Gasteiger partial charge in [-0.25, -0.2) is 9.97 Å². The second-order valence-corrected chi connectivity index (χ2v) is 11.8. The summed E-state index contributed by atoms with van der Waals surface area (Å²) in [5.74, 6) is 0. The van der Waals surface area contributed by atoms with E-state index in [-0.39, 0.29) is 33.3 Å². The standard InChI is InChI=1S/C31H28Cl2N4O3S/c32-28-25-29(36-31(33)35-28)37(20-34-25)30-27(40-18-23-14-8-3-9-15-23)26(39-17-22-12-6-2-7-13-22)24(41-30)19-38-16-21-10-4-1-5-11-21/h1-15,20,24,26-27,30H,16-19H2/t24-,26+,27-,30-/m0/s1. The highest BCUT2D eigenvalue weighted by atomic mass is 35.5. The van der Waals surface area contributed by atoms with Gasteiger partial charge in [-0.2, -0.15) is 4.98 Å². The van der Waals surface area contributed by atoms with Crippen molar-refractivity contribution in [3.05, 3.63) is 124 Å². The van der Waals surface area contributed by atoms with Crippen LogP contribution in [-0.2, 0) is 34.0 Å². The predicted molar refractivity (Wildman–Crippen MR) is 162 cm³/mol. The molecule has 0 aliphatic carbocycles. The fourth-order valence-electron chi connectivity index (χ4n) is 4.89. The van der Waals surface area contributed by atoms with Crippen LogP contribution in [0.1, 0.15) is 22.1 Å². The molecule has 6 rings (SSSR count). The first-order valence-corrected chi connectivity index (χ1v) is 15.0. The van der Waals surface area contributed by atoms with Crippen molar-refractivity contribution in [3.63, 3.8) is 0 Å². The zero-order valence-electron chi connectivity index (χ0n) is 22.1. The minimum atomic E-state index is -0.348. The van der Waals surface area contributed by atoms with Gasteiger partial charge in [0.15, 0.2) is 10.8 Å². The van der Waals surface area contributed by atoms with E-state index in [4.69, 9.17) is 37.4 Å². The van der Waals surface area contributed by atoms with Gasteiger partial charge in [-0.3, -0.25) is 4.57 Å². The second-order valence-electron chi connectivity index (χ2n) is 9.70. The number of rotatable bonds is 11. The molecule has 1 aliphatic heterocycles. The Morgan fingerprint density at radius 1 is 0.707 bits per heavy atom. The van der Waals surface area contributed by atoms with Crippen LogP contribution in [0.4, 0.5) is 0 Å². The lowest BCUT2D eigenvalue weighted by Crippen LogP contribution is -2.38. The van der Waals surface area contributed by atoms with Crippen molar-refractivity contribution < 1.29 is 14.2 Å². The van der Waals surface area contributed by atoms with Gasteiger partial charge in [-0.05, 0) is 28.3 Å². The average Bonchev–Trinajstić information content (AvgIpc) is 3.57. The molecule has 5 aromatic rings. The molecule has 0 radical (unpaired) electrons. The molecule has 41 heavy (non-hydrogen) atoms. The van der Waals surface area contributed by atoms with Gasteiger partial charge in [0.05, 0.1) is 38.0 Å². The Labute approximate surface area is 252 Å². The Balaban J connectivity index is 1.31. The molecule has 1 saturated heterocycles. The van der Waals surface area contributed by atoms with Crippen LogP contribution in [0.15, 0.2) is 97.3 Å². The molecule has 0 unspecified atom stereocenters. The lowest BCUT2D eigenvalue weighted by atomic mass is 10.1. The lowest BCUT2D eigenvalue weighted by Gasteiger charge is -2.27. The summed E-state index contributed by atoms with van der Waals surface area (Å²) >= 11 is 14.3. The van der Waals surface area contributed by atoms with E-state index in [2.05, 4.69) is 51.4 Å². The van der Waals surface area contributed by atoms with Crippen LogP contribution in [0.5, 0.6) is 0 Å². The number of halogens is 2. The van der Waals surface area contributed by atoms with Crippen LogP contribution in [0.3, 0.4) is 0 Å². The van der Waals surface area contributed by atoms with E-state index in [0.717, 1.165) is 16.7 Å². The van der Waals surface area contributed by atoms with Crippen molar-refractivity contribution in [2.45, 2.75) is 42.7 Å². The Morgan fingerprint density at radius 3 is 1.88 bits per heavy atom. The molecule has 4 atom stereocenters. The maximum Gasteiger partial charge on any atom is 0.225 e. The SMILES string of the molecule is Clc1nc(Cl)c2ncn([C@H]3S[C@@H](COCc4ccccc4)[C@@H](OCc4ccccc4)[C@@H]3OCc3ccccc3)c2n1. The van der Waals surface area contributed by atoms with Crippen LogP contribution in [-0.4, -0.2) is 43.6 Å². The Kier molecular flexibility index (Phi) is 9.16. The van der Waals surface area contributed by atoms with Gasteiger partial charge in [0.1, 0.15) is 23.1 Å². The van der Waals surface area contributed by atoms with E-state index in [0.29, 0.717) is 37.6 Å². The van der Waals surface area contributed by atoms with Gasteiger partial charge < -0.3 is 14.2 Å². The van der Waals surface area contributed by atoms with Crippen molar-refractivity contribution >= 4 is 46.1 Å². The number of fused-ring (bicyclic) bond motifs is 1. The first-order chi connectivity index (χ1) is 20.2. The largest absolute Gasteiger partial charge is 0.376 e. The van der Waals surface area contributed by atoms with Gasteiger partial charge in [0.2, 0.25) is 5.28 Å². The molecule has 210 valence electrons. The summed E-state index contributed by atoms with van der Waals surface area (Å²) in [6.07, 6.45) is 1.09. The second kappa shape index (κ2) is 13.3. The molecule has 0 N–H and O–H groups in total. The van der Waals surface area contributed by atoms with Gasteiger partial charge >= 0.3 is 0 Å². The third-order valence-corrected chi connectivity index (χ3v) is 8.84. The van der Waals surface area contributed by atoms with Crippen molar-refractivity contribution in [2.75, 3.05) is 6.61 Å². The maximum atomic E-state index is 6.67. The topological polar surface area (TPSA) is 71.3 Å². The van der Waals surface area contributed by atoms with E-state index in [1.807, 2.05) is 59.2 Å². The van der Waals surface area contributed by atoms with Gasteiger partial charge in [-0.15, -0.1) is 11.8 Å². The first-order valence-electron chi connectivity index (χ1n) is 13.3. The summed E-state index contributed by atoms with van der Waals surface area (Å²) in [6.45, 7) is 1.86. The molecule has 7 nitrogen and oxygen atoms in total. The summed E-state index contributed by atoms with van der Waals surface area (Å²) in [4.78, 5) is 13.0. The third-order valence-electron chi connectivity index (χ3n) is 6.88. The van der Waals surface area contributed by atoms with E-state index in [1.54, 1.807) is 18.1 Å². The van der Waals surface area contributed by atoms with Crippen LogP contribution in [0, 0.1) is 0 Å². The number of aromatic nitrogens is 4. The monoisotopic (exact) mass is 606 g/mol. The molecule has 3 heterocycles. The summed E-state index contributed by atoms with van der Waals surface area (Å²) < 4.78 is 21.5. The molecule has 10 heteroatoms. The number of ether oxygens (including phenoxy) is 3. The molecule has 0 spiro atoms. The molecular formula is C31H28Cl2N4O3S. The summed E-state index contributed by atoms with van der Waals surface area (Å²) in [5.41, 5.74) is 4.32. The molecule has 0 amide bonds. The Hall–Kier alpha value is -2.98. The highest BCUT2D eigenvalue weighted by Gasteiger charge is 2.47. The minimum absolute atomic E-state index is 0.0292. The van der Waals surface area contributed by atoms with Crippen LogP contribution >= 0.6 is 35.0 Å². The molecule has 3 aromatic carbocycles. The van der Waals surface area contributed by atoms with Crippen molar-refractivity contribution in [1.29, 1.82) is 0 Å². The molecular weight excluding hydrogens is 579 g/mol. The van der Waals surface area contributed by atoms with Crippen molar-refractivity contribution in [2.24, 2.45) is 0 Å². The first kappa shape index (κ1) is 28.2. The summed E-state index contributed by atoms with van der Waals surface area (Å²) in [7, 11) is 0. The van der Waals surface area contributed by atoms with Gasteiger partial charge in [-0.1, -0.05) is 103 Å². The number of imidazole rings is 1. The van der Waals surface area contributed by atoms with Crippen LogP contribution in [0.25, 0.3) is 11.2 Å². The van der Waals surface area contributed by atoms with E-state index in [9.17, 15) is 0 Å². The lowest BCUT2D eigenvalue weighted by molar-refractivity contribution is -0.0913. The van der Waals surface area contributed by atoms with Crippen LogP contribution in [0.2, 0.25) is 10.4 Å². The fourth-order valence-corrected chi connectivity index (χ4v) is 6.91. The van der Waals surface area contributed by atoms with Crippen molar-refractivity contribution in [1.82, 2.24) is 19.5 Å². The van der Waals surface area contributed by atoms with Gasteiger partial charge in [0, 0.05) is 0 Å². The van der Waals surface area contributed by atoms with E-state index >= 15 is 0 Å². The smallest absolute Gasteiger partial charge is 0.225 e. The number of benzene rings is 3. The molecule has 2 aromatic heterocycles. The number of hydrogen-bond acceptors (Lipinski definition) is 7. The predicted octanol–water partition coefficient (Wildman–Crippen LogP) is 7.13. The summed E-state index contributed by atoms with van der Waals surface area (Å²) in [5, 5.41) is 0.0204. The number of nitrogens with zero attached hydrogens (tertiary/aromatic N) is 4. The number of thioether (sulfide) groups is 1. The zero-order valence-corrected chi connectivity index (χ0v) is 24.4. The average molecular weight is 608 g/mol. The highest BCUT2D eigenvalue weighted by Crippen LogP contribution is 2.47. The maximum absolute atomic E-state index is 6.67. The molecule has 0 saturated carbocycles. The van der Waals surface area contributed by atoms with E-state index < -0.39 is 0 Å². The van der Waals surface area contributed by atoms with E-state index in [1.165, 1.54) is 0 Å². The van der Waals surface area contributed by atoms with Gasteiger partial charge in [0.25, 0.3) is 0 Å². The Morgan fingerprint density at radius 2 is 1.27 bits per heavy atom.